The molecule has 0 aliphatic carbocycles. The molecule has 2 aromatic heterocycles. The van der Waals surface area contributed by atoms with E-state index in [0.717, 1.165) is 5.56 Å². The summed E-state index contributed by atoms with van der Waals surface area (Å²) in [6, 6.07) is 10.6. The Kier molecular flexibility index (Phi) is 4.16. The third-order valence-corrected chi connectivity index (χ3v) is 3.52. The van der Waals surface area contributed by atoms with Crippen LogP contribution in [-0.4, -0.2) is 20.8 Å². The molecular weight excluding hydrogens is 316 g/mol. The highest BCUT2D eigenvalue weighted by Gasteiger charge is 2.16. The van der Waals surface area contributed by atoms with Crippen LogP contribution in [0.1, 0.15) is 30.4 Å². The van der Waals surface area contributed by atoms with Crippen LogP contribution in [0.25, 0.3) is 11.3 Å². The Morgan fingerprint density at radius 3 is 2.70 bits per heavy atom. The first-order valence-electron chi connectivity index (χ1n) is 7.12. The first-order chi connectivity index (χ1) is 11.0. The maximum Gasteiger partial charge on any atom is 0.279 e. The van der Waals surface area contributed by atoms with Gasteiger partial charge in [0, 0.05) is 28.8 Å². The number of halogens is 1. The van der Waals surface area contributed by atoms with Gasteiger partial charge in [-0.3, -0.25) is 4.79 Å². The van der Waals surface area contributed by atoms with Gasteiger partial charge in [0.2, 0.25) is 0 Å². The molecule has 0 saturated heterocycles. The molecule has 118 valence electrons. The first kappa shape index (κ1) is 15.3. The molecule has 0 fully saturated rings. The van der Waals surface area contributed by atoms with Crippen molar-refractivity contribution in [2.45, 2.75) is 19.9 Å². The third-order valence-electron chi connectivity index (χ3n) is 3.27. The molecule has 0 unspecified atom stereocenters. The minimum atomic E-state index is -0.351. The van der Waals surface area contributed by atoms with Gasteiger partial charge in [0.1, 0.15) is 5.82 Å². The minimum Gasteiger partial charge on any atom is -0.355 e. The van der Waals surface area contributed by atoms with E-state index in [0.29, 0.717) is 16.6 Å². The van der Waals surface area contributed by atoms with Gasteiger partial charge in [0.05, 0.1) is 6.20 Å². The predicted octanol–water partition coefficient (Wildman–Crippen LogP) is 4.02. The van der Waals surface area contributed by atoms with E-state index >= 15 is 0 Å². The Morgan fingerprint density at radius 2 is 2.00 bits per heavy atom. The van der Waals surface area contributed by atoms with Crippen LogP contribution in [-0.2, 0) is 0 Å². The van der Waals surface area contributed by atoms with Gasteiger partial charge < -0.3 is 9.84 Å². The van der Waals surface area contributed by atoms with Crippen LogP contribution in [0.3, 0.4) is 0 Å². The number of hydrogen-bond donors (Lipinski definition) is 1. The fraction of sp³-hybridized carbons (Fsp3) is 0.188. The number of benzene rings is 1. The molecular formula is C16H15ClN4O2. The van der Waals surface area contributed by atoms with Crippen molar-refractivity contribution in [3.8, 4) is 11.3 Å². The lowest BCUT2D eigenvalue weighted by Crippen LogP contribution is -2.16. The SMILES string of the molecule is CC(C)n1nccc1NC(=O)c1cc(-c2ccc(Cl)cc2)on1. The fourth-order valence-electron chi connectivity index (χ4n) is 2.14. The molecule has 0 radical (unpaired) electrons. The highest BCUT2D eigenvalue weighted by Crippen LogP contribution is 2.23. The van der Waals surface area contributed by atoms with Crippen molar-refractivity contribution in [3.05, 3.63) is 53.3 Å². The van der Waals surface area contributed by atoms with Crippen LogP contribution in [0.15, 0.2) is 47.1 Å². The van der Waals surface area contributed by atoms with E-state index < -0.39 is 0 Å². The zero-order valence-corrected chi connectivity index (χ0v) is 13.4. The van der Waals surface area contributed by atoms with Gasteiger partial charge in [0.25, 0.3) is 5.91 Å². The number of anilines is 1. The van der Waals surface area contributed by atoms with Crippen molar-refractivity contribution in [3.63, 3.8) is 0 Å². The van der Waals surface area contributed by atoms with Gasteiger partial charge in [-0.1, -0.05) is 16.8 Å². The summed E-state index contributed by atoms with van der Waals surface area (Å²) in [5.74, 6) is 0.765. The molecule has 7 heteroatoms. The Bertz CT molecular complexity index is 821. The third kappa shape index (κ3) is 3.27. The monoisotopic (exact) mass is 330 g/mol. The molecule has 1 amide bonds. The second kappa shape index (κ2) is 6.26. The van der Waals surface area contributed by atoms with Crippen molar-refractivity contribution in [2.24, 2.45) is 0 Å². The molecule has 2 heterocycles. The zero-order chi connectivity index (χ0) is 16.4. The van der Waals surface area contributed by atoms with E-state index in [2.05, 4.69) is 15.6 Å². The number of nitrogens with one attached hydrogen (secondary N) is 1. The normalized spacial score (nSPS) is 11.0. The Hall–Kier alpha value is -2.60. The van der Waals surface area contributed by atoms with Gasteiger partial charge >= 0.3 is 0 Å². The molecule has 1 aromatic carbocycles. The van der Waals surface area contributed by atoms with E-state index in [4.69, 9.17) is 16.1 Å². The molecule has 23 heavy (non-hydrogen) atoms. The number of rotatable bonds is 4. The largest absolute Gasteiger partial charge is 0.355 e. The summed E-state index contributed by atoms with van der Waals surface area (Å²) < 4.78 is 6.95. The van der Waals surface area contributed by atoms with Gasteiger partial charge in [-0.15, -0.1) is 0 Å². The topological polar surface area (TPSA) is 73.0 Å². The highest BCUT2D eigenvalue weighted by atomic mass is 35.5. The predicted molar refractivity (Wildman–Crippen MR) is 87.5 cm³/mol. The summed E-state index contributed by atoms with van der Waals surface area (Å²) in [5.41, 5.74) is 1.000. The van der Waals surface area contributed by atoms with Gasteiger partial charge in [-0.2, -0.15) is 5.10 Å². The quantitative estimate of drug-likeness (QED) is 0.784. The molecule has 0 aliphatic rings. The molecule has 3 rings (SSSR count). The standard InChI is InChI=1S/C16H15ClN4O2/c1-10(2)21-15(7-8-18-21)19-16(22)13-9-14(23-20-13)11-3-5-12(17)6-4-11/h3-10H,1-2H3,(H,19,22). The van der Waals surface area contributed by atoms with Crippen LogP contribution >= 0.6 is 11.6 Å². The number of hydrogen-bond acceptors (Lipinski definition) is 4. The lowest BCUT2D eigenvalue weighted by atomic mass is 10.1. The maximum atomic E-state index is 12.3. The number of aromatic nitrogens is 3. The molecule has 1 N–H and O–H groups in total. The van der Waals surface area contributed by atoms with E-state index in [-0.39, 0.29) is 17.6 Å². The van der Waals surface area contributed by atoms with Crippen molar-refractivity contribution >= 4 is 23.3 Å². The van der Waals surface area contributed by atoms with E-state index in [9.17, 15) is 4.79 Å². The van der Waals surface area contributed by atoms with Crippen molar-refractivity contribution in [1.29, 1.82) is 0 Å². The Balaban J connectivity index is 1.78. The summed E-state index contributed by atoms with van der Waals surface area (Å²) in [5, 5.41) is 11.4. The summed E-state index contributed by atoms with van der Waals surface area (Å²) in [6.45, 7) is 3.97. The molecule has 0 atom stereocenters. The molecule has 6 nitrogen and oxygen atoms in total. The van der Waals surface area contributed by atoms with Crippen LogP contribution in [0.5, 0.6) is 0 Å². The zero-order valence-electron chi connectivity index (χ0n) is 12.7. The molecule has 0 saturated carbocycles. The van der Waals surface area contributed by atoms with E-state index in [1.54, 1.807) is 47.3 Å². The van der Waals surface area contributed by atoms with Crippen molar-refractivity contribution in [2.75, 3.05) is 5.32 Å². The summed E-state index contributed by atoms with van der Waals surface area (Å²) in [4.78, 5) is 12.3. The Labute approximate surface area is 138 Å². The average molecular weight is 331 g/mol. The number of carbonyl (C=O) groups excluding carboxylic acids is 1. The molecule has 0 bridgehead atoms. The summed E-state index contributed by atoms with van der Waals surface area (Å²) >= 11 is 5.86. The first-order valence-corrected chi connectivity index (χ1v) is 7.50. The summed E-state index contributed by atoms with van der Waals surface area (Å²) in [6.07, 6.45) is 1.64. The molecule has 0 spiro atoms. The second-order valence-corrected chi connectivity index (χ2v) is 5.73. The maximum absolute atomic E-state index is 12.3. The lowest BCUT2D eigenvalue weighted by Gasteiger charge is -2.10. The van der Waals surface area contributed by atoms with Gasteiger partial charge in [-0.25, -0.2) is 4.68 Å². The molecule has 0 aliphatic heterocycles. The van der Waals surface area contributed by atoms with Crippen molar-refractivity contribution in [1.82, 2.24) is 14.9 Å². The molecule has 3 aromatic rings. The number of amides is 1. The second-order valence-electron chi connectivity index (χ2n) is 5.29. The van der Waals surface area contributed by atoms with Crippen LogP contribution in [0, 0.1) is 0 Å². The smallest absolute Gasteiger partial charge is 0.279 e. The minimum absolute atomic E-state index is 0.141. The average Bonchev–Trinajstić information content (AvgIpc) is 3.16. The van der Waals surface area contributed by atoms with Gasteiger partial charge in [0.15, 0.2) is 11.5 Å². The van der Waals surface area contributed by atoms with Crippen LogP contribution < -0.4 is 5.32 Å². The van der Waals surface area contributed by atoms with E-state index in [1.807, 2.05) is 13.8 Å². The highest BCUT2D eigenvalue weighted by molar-refractivity contribution is 6.30. The Morgan fingerprint density at radius 1 is 1.26 bits per heavy atom. The van der Waals surface area contributed by atoms with Gasteiger partial charge in [-0.05, 0) is 38.1 Å². The fourth-order valence-corrected chi connectivity index (χ4v) is 2.26. The number of nitrogens with zero attached hydrogens (tertiary/aromatic N) is 3. The van der Waals surface area contributed by atoms with E-state index in [1.165, 1.54) is 0 Å². The summed E-state index contributed by atoms with van der Waals surface area (Å²) in [7, 11) is 0. The van der Waals surface area contributed by atoms with Crippen LogP contribution in [0.4, 0.5) is 5.82 Å². The van der Waals surface area contributed by atoms with Crippen LogP contribution in [0.2, 0.25) is 5.02 Å². The van der Waals surface area contributed by atoms with Crippen molar-refractivity contribution < 1.29 is 9.32 Å². The lowest BCUT2D eigenvalue weighted by molar-refractivity contribution is 0.101. The number of carbonyl (C=O) groups is 1.